The van der Waals surface area contributed by atoms with Crippen molar-refractivity contribution in [2.75, 3.05) is 17.2 Å². The topological polar surface area (TPSA) is 64.3 Å². The van der Waals surface area contributed by atoms with Crippen LogP contribution in [0.4, 0.5) is 15.9 Å². The number of ether oxygens (including phenoxy) is 1. The van der Waals surface area contributed by atoms with Gasteiger partial charge in [-0.15, -0.1) is 0 Å². The molecule has 0 spiro atoms. The number of hydrogen-bond donors (Lipinski definition) is 1. The molecular weight excluding hydrogens is 403 g/mol. The number of pyridine rings is 2. The molecule has 2 N–H and O–H groups in total. The molecule has 1 aliphatic heterocycles. The first-order chi connectivity index (χ1) is 15.4. The van der Waals surface area contributed by atoms with Gasteiger partial charge in [0.2, 0.25) is 5.88 Å². The van der Waals surface area contributed by atoms with Crippen molar-refractivity contribution < 1.29 is 9.13 Å². The number of halogens is 1. The molecule has 4 rings (SSSR count). The third-order valence-corrected chi connectivity index (χ3v) is 6.68. The highest BCUT2D eigenvalue weighted by atomic mass is 19.1. The van der Waals surface area contributed by atoms with E-state index in [9.17, 15) is 4.39 Å². The lowest BCUT2D eigenvalue weighted by atomic mass is 9.78. The molecule has 0 saturated heterocycles. The highest BCUT2D eigenvalue weighted by molar-refractivity contribution is 5.67. The summed E-state index contributed by atoms with van der Waals surface area (Å²) in [7, 11) is 0. The van der Waals surface area contributed by atoms with E-state index in [-0.39, 0.29) is 5.82 Å². The monoisotopic (exact) mass is 436 g/mol. The first-order valence-electron chi connectivity index (χ1n) is 11.6. The third kappa shape index (κ3) is 4.95. The molecule has 0 amide bonds. The van der Waals surface area contributed by atoms with E-state index in [2.05, 4.69) is 41.4 Å². The van der Waals surface area contributed by atoms with Gasteiger partial charge in [-0.1, -0.05) is 26.0 Å². The quantitative estimate of drug-likeness (QED) is 0.624. The number of nitrogen functional groups attached to an aromatic ring is 1. The van der Waals surface area contributed by atoms with Crippen molar-refractivity contribution in [3.8, 4) is 5.88 Å². The van der Waals surface area contributed by atoms with Crippen molar-refractivity contribution in [3.63, 3.8) is 0 Å². The van der Waals surface area contributed by atoms with Crippen molar-refractivity contribution in [1.29, 1.82) is 0 Å². The zero-order valence-electron chi connectivity index (χ0n) is 19.0. The Morgan fingerprint density at radius 3 is 2.66 bits per heavy atom. The average Bonchev–Trinajstić information content (AvgIpc) is 2.78. The molecule has 0 bridgehead atoms. The molecule has 0 radical (unpaired) electrons. The second-order valence-electron chi connectivity index (χ2n) is 9.37. The largest absolute Gasteiger partial charge is 0.477 e. The minimum absolute atomic E-state index is 0.291. The molecule has 1 fully saturated rings. The van der Waals surface area contributed by atoms with Gasteiger partial charge >= 0.3 is 0 Å². The third-order valence-electron chi connectivity index (χ3n) is 6.68. The summed E-state index contributed by atoms with van der Waals surface area (Å²) < 4.78 is 19.1. The number of allylic oxidation sites excluding steroid dienone is 2. The Bertz CT molecular complexity index is 981. The fourth-order valence-electron chi connectivity index (χ4n) is 4.92. The van der Waals surface area contributed by atoms with Crippen LogP contribution in [-0.4, -0.2) is 22.6 Å². The number of nitrogens with zero attached hydrogens (tertiary/aromatic N) is 3. The summed E-state index contributed by atoms with van der Waals surface area (Å²) in [4.78, 5) is 11.1. The van der Waals surface area contributed by atoms with Gasteiger partial charge in [-0.05, 0) is 74.1 Å². The molecule has 1 atom stereocenters. The molecule has 0 aromatic carbocycles. The van der Waals surface area contributed by atoms with Crippen LogP contribution in [0.3, 0.4) is 0 Å². The van der Waals surface area contributed by atoms with Crippen LogP contribution in [0.15, 0.2) is 60.6 Å². The van der Waals surface area contributed by atoms with E-state index in [1.54, 1.807) is 0 Å². The molecule has 1 saturated carbocycles. The van der Waals surface area contributed by atoms with Crippen LogP contribution >= 0.6 is 0 Å². The fourth-order valence-corrected chi connectivity index (χ4v) is 4.92. The Labute approximate surface area is 190 Å². The van der Waals surface area contributed by atoms with Crippen molar-refractivity contribution >= 4 is 11.5 Å². The number of hydrogen-bond acceptors (Lipinski definition) is 5. The van der Waals surface area contributed by atoms with Gasteiger partial charge in [0.05, 0.1) is 12.3 Å². The van der Waals surface area contributed by atoms with Crippen LogP contribution in [0.2, 0.25) is 0 Å². The summed E-state index contributed by atoms with van der Waals surface area (Å²) in [6.07, 6.45) is 10.7. The molecule has 5 nitrogen and oxygen atoms in total. The van der Waals surface area contributed by atoms with Crippen LogP contribution in [0.25, 0.3) is 0 Å². The number of nitrogens with two attached hydrogens (primary N) is 1. The van der Waals surface area contributed by atoms with Crippen LogP contribution in [-0.2, 0) is 0 Å². The molecule has 3 heterocycles. The lowest BCUT2D eigenvalue weighted by molar-refractivity contribution is 0.184. The lowest BCUT2D eigenvalue weighted by Gasteiger charge is -2.44. The van der Waals surface area contributed by atoms with Crippen molar-refractivity contribution in [1.82, 2.24) is 9.97 Å². The van der Waals surface area contributed by atoms with E-state index in [0.29, 0.717) is 42.0 Å². The molecule has 2 aliphatic rings. The van der Waals surface area contributed by atoms with Gasteiger partial charge in [-0.3, -0.25) is 0 Å². The second-order valence-corrected chi connectivity index (χ2v) is 9.37. The first kappa shape index (κ1) is 22.3. The molecule has 6 heteroatoms. The second kappa shape index (κ2) is 9.72. The number of rotatable bonds is 6. The Morgan fingerprint density at radius 1 is 1.19 bits per heavy atom. The van der Waals surface area contributed by atoms with Crippen LogP contribution < -0.4 is 15.4 Å². The summed E-state index contributed by atoms with van der Waals surface area (Å²) in [6.45, 7) is 9.39. The molecule has 2 aromatic heterocycles. The normalized spacial score (nSPS) is 23.9. The van der Waals surface area contributed by atoms with Gasteiger partial charge in [-0.2, -0.15) is 0 Å². The Hall–Kier alpha value is -2.89. The Kier molecular flexibility index (Phi) is 6.77. The van der Waals surface area contributed by atoms with E-state index >= 15 is 0 Å². The van der Waals surface area contributed by atoms with Crippen molar-refractivity contribution in [2.24, 2.45) is 17.8 Å². The van der Waals surface area contributed by atoms with Gasteiger partial charge in [-0.25, -0.2) is 14.4 Å². The molecule has 1 aliphatic carbocycles. The predicted octanol–water partition coefficient (Wildman–Crippen LogP) is 5.76. The number of anilines is 2. The zero-order chi connectivity index (χ0) is 22.7. The standard InChI is InChI=1S/C26H33FN4O/c1-17(2)23-13-18(3)14-24(31(23)26-22(28)5-4-11-30-26)20-8-6-19(7-9-20)16-32-25-15-21(27)10-12-29-25/h4-5,10-12,14-15,17,19-20,23H,3,6-9,13,16,28H2,1-2H3. The highest BCUT2D eigenvalue weighted by Crippen LogP contribution is 2.43. The van der Waals surface area contributed by atoms with E-state index in [4.69, 9.17) is 10.5 Å². The summed E-state index contributed by atoms with van der Waals surface area (Å²) in [5.41, 5.74) is 9.54. The van der Waals surface area contributed by atoms with Crippen molar-refractivity contribution in [3.05, 3.63) is 66.4 Å². The molecule has 2 aromatic rings. The number of aromatic nitrogens is 2. The maximum Gasteiger partial charge on any atom is 0.216 e. The summed E-state index contributed by atoms with van der Waals surface area (Å²) in [5.74, 6) is 2.20. The minimum Gasteiger partial charge on any atom is -0.477 e. The van der Waals surface area contributed by atoms with E-state index in [1.165, 1.54) is 29.6 Å². The minimum atomic E-state index is -0.322. The van der Waals surface area contributed by atoms with Crippen LogP contribution in [0.5, 0.6) is 5.88 Å². The Balaban J connectivity index is 1.48. The van der Waals surface area contributed by atoms with Gasteiger partial charge in [0.1, 0.15) is 5.82 Å². The summed E-state index contributed by atoms with van der Waals surface area (Å²) in [5, 5.41) is 0. The average molecular weight is 437 g/mol. The maximum atomic E-state index is 13.4. The van der Waals surface area contributed by atoms with Gasteiger partial charge in [0, 0.05) is 30.2 Å². The molecule has 1 unspecified atom stereocenters. The Morgan fingerprint density at radius 2 is 1.97 bits per heavy atom. The highest BCUT2D eigenvalue weighted by Gasteiger charge is 2.36. The SMILES string of the molecule is C=C1C=C(C2CCC(COc3cc(F)ccn3)CC2)N(c2ncccc2N)C(C(C)C)C1. The van der Waals surface area contributed by atoms with Crippen LogP contribution in [0.1, 0.15) is 46.0 Å². The van der Waals surface area contributed by atoms with Gasteiger partial charge in [0.15, 0.2) is 5.82 Å². The van der Waals surface area contributed by atoms with E-state index in [1.807, 2.05) is 18.3 Å². The molecular formula is C26H33FN4O. The summed E-state index contributed by atoms with van der Waals surface area (Å²) >= 11 is 0. The predicted molar refractivity (Wildman–Crippen MR) is 127 cm³/mol. The van der Waals surface area contributed by atoms with E-state index in [0.717, 1.165) is 37.9 Å². The lowest BCUT2D eigenvalue weighted by Crippen LogP contribution is -2.44. The van der Waals surface area contributed by atoms with E-state index < -0.39 is 0 Å². The van der Waals surface area contributed by atoms with Gasteiger partial charge in [0.25, 0.3) is 0 Å². The summed E-state index contributed by atoms with van der Waals surface area (Å²) in [6, 6.07) is 6.77. The smallest absolute Gasteiger partial charge is 0.216 e. The van der Waals surface area contributed by atoms with Crippen molar-refractivity contribution in [2.45, 2.75) is 52.0 Å². The zero-order valence-corrected chi connectivity index (χ0v) is 19.0. The first-order valence-corrected chi connectivity index (χ1v) is 11.6. The molecule has 170 valence electrons. The van der Waals surface area contributed by atoms with Crippen LogP contribution in [0, 0.1) is 23.6 Å². The fraction of sp³-hybridized carbons (Fsp3) is 0.462. The maximum absolute atomic E-state index is 13.4. The molecule has 32 heavy (non-hydrogen) atoms. The van der Waals surface area contributed by atoms with Gasteiger partial charge < -0.3 is 15.4 Å².